The Morgan fingerprint density at radius 2 is 2.29 bits per heavy atom. The molecule has 1 aliphatic rings. The number of ether oxygens (including phenoxy) is 1. The van der Waals surface area contributed by atoms with E-state index in [2.05, 4.69) is 21.2 Å². The molecule has 0 spiro atoms. The number of halogens is 1. The zero-order valence-corrected chi connectivity index (χ0v) is 13.2. The second-order valence-corrected chi connectivity index (χ2v) is 5.79. The lowest BCUT2D eigenvalue weighted by molar-refractivity contribution is -0.154. The minimum atomic E-state index is -1.05. The molecule has 1 saturated heterocycles. The second kappa shape index (κ2) is 6.91. The maximum Gasteiger partial charge on any atom is 0.334 e. The molecule has 114 valence electrons. The van der Waals surface area contributed by atoms with Crippen molar-refractivity contribution in [3.63, 3.8) is 0 Å². The van der Waals surface area contributed by atoms with Gasteiger partial charge in [-0.3, -0.25) is 0 Å². The largest absolute Gasteiger partial charge is 0.479 e. The first-order chi connectivity index (χ1) is 9.97. The first-order valence-electron chi connectivity index (χ1n) is 6.62. The van der Waals surface area contributed by atoms with Crippen molar-refractivity contribution in [2.45, 2.75) is 19.1 Å². The topological polar surface area (TPSA) is 78.9 Å². The Balaban J connectivity index is 1.96. The van der Waals surface area contributed by atoms with Crippen LogP contribution in [-0.2, 0) is 9.53 Å². The minimum absolute atomic E-state index is 0.0619. The number of amides is 2. The van der Waals surface area contributed by atoms with E-state index in [1.54, 1.807) is 0 Å². The van der Waals surface area contributed by atoms with E-state index in [-0.39, 0.29) is 25.2 Å². The van der Waals surface area contributed by atoms with Crippen molar-refractivity contribution < 1.29 is 19.4 Å². The summed E-state index contributed by atoms with van der Waals surface area (Å²) in [4.78, 5) is 24.6. The van der Waals surface area contributed by atoms with Gasteiger partial charge in [-0.05, 0) is 24.6 Å². The van der Waals surface area contributed by atoms with E-state index in [1.165, 1.54) is 4.90 Å². The number of morpholine rings is 1. The van der Waals surface area contributed by atoms with E-state index in [9.17, 15) is 9.59 Å². The van der Waals surface area contributed by atoms with Gasteiger partial charge in [0.15, 0.2) is 6.10 Å². The van der Waals surface area contributed by atoms with Gasteiger partial charge in [0.25, 0.3) is 0 Å². The van der Waals surface area contributed by atoms with Gasteiger partial charge < -0.3 is 20.1 Å². The summed E-state index contributed by atoms with van der Waals surface area (Å²) in [6.45, 7) is 2.57. The van der Waals surface area contributed by atoms with Crippen molar-refractivity contribution in [2.24, 2.45) is 0 Å². The Labute approximate surface area is 131 Å². The summed E-state index contributed by atoms with van der Waals surface area (Å²) in [7, 11) is 0. The van der Waals surface area contributed by atoms with E-state index in [0.29, 0.717) is 6.54 Å². The summed E-state index contributed by atoms with van der Waals surface area (Å²) in [5.41, 5.74) is 0.973. The van der Waals surface area contributed by atoms with Gasteiger partial charge in [0.1, 0.15) is 0 Å². The van der Waals surface area contributed by atoms with Crippen LogP contribution in [0.1, 0.15) is 18.5 Å². The predicted octanol–water partition coefficient (Wildman–Crippen LogP) is 2.01. The lowest BCUT2D eigenvalue weighted by atomic mass is 10.1. The highest BCUT2D eigenvalue weighted by atomic mass is 79.9. The van der Waals surface area contributed by atoms with Crippen molar-refractivity contribution in [3.05, 3.63) is 34.3 Å². The number of hydrogen-bond donors (Lipinski definition) is 2. The van der Waals surface area contributed by atoms with Crippen molar-refractivity contribution in [1.29, 1.82) is 0 Å². The number of hydrogen-bond acceptors (Lipinski definition) is 3. The summed E-state index contributed by atoms with van der Waals surface area (Å²) >= 11 is 3.39. The molecule has 0 radical (unpaired) electrons. The van der Waals surface area contributed by atoms with Crippen LogP contribution in [0.15, 0.2) is 28.7 Å². The predicted molar refractivity (Wildman–Crippen MR) is 80.0 cm³/mol. The van der Waals surface area contributed by atoms with E-state index >= 15 is 0 Å². The van der Waals surface area contributed by atoms with Crippen molar-refractivity contribution in [1.82, 2.24) is 10.2 Å². The number of benzene rings is 1. The van der Waals surface area contributed by atoms with Gasteiger partial charge >= 0.3 is 12.0 Å². The lowest BCUT2D eigenvalue weighted by Crippen LogP contribution is -2.52. The summed E-state index contributed by atoms with van der Waals surface area (Å²) in [6, 6.07) is 7.23. The van der Waals surface area contributed by atoms with Crippen LogP contribution in [0.25, 0.3) is 0 Å². The molecule has 2 rings (SSSR count). The average molecular weight is 357 g/mol. The lowest BCUT2D eigenvalue weighted by Gasteiger charge is -2.31. The fraction of sp³-hybridized carbons (Fsp3) is 0.429. The first kappa shape index (κ1) is 15.8. The smallest absolute Gasteiger partial charge is 0.334 e. The Kier molecular flexibility index (Phi) is 5.19. The van der Waals surface area contributed by atoms with E-state index in [4.69, 9.17) is 9.84 Å². The standard InChI is InChI=1S/C14H17BrN2O4/c1-9(10-3-2-4-11(15)7-10)16-14(20)17-5-6-21-12(8-17)13(18)19/h2-4,7,9,12H,5-6,8H2,1H3,(H,16,20)(H,18,19). The van der Waals surface area contributed by atoms with Gasteiger partial charge in [0.05, 0.1) is 19.2 Å². The highest BCUT2D eigenvalue weighted by Crippen LogP contribution is 2.18. The molecule has 2 atom stereocenters. The maximum absolute atomic E-state index is 12.2. The molecular weight excluding hydrogens is 340 g/mol. The minimum Gasteiger partial charge on any atom is -0.479 e. The third-order valence-electron chi connectivity index (χ3n) is 3.32. The number of carbonyl (C=O) groups is 2. The number of aliphatic carboxylic acids is 1. The molecule has 0 aliphatic carbocycles. The molecule has 1 aromatic rings. The molecule has 1 aliphatic heterocycles. The average Bonchev–Trinajstić information content (AvgIpc) is 2.47. The van der Waals surface area contributed by atoms with E-state index in [0.717, 1.165) is 10.0 Å². The van der Waals surface area contributed by atoms with Gasteiger partial charge in [-0.2, -0.15) is 0 Å². The number of rotatable bonds is 3. The quantitative estimate of drug-likeness (QED) is 0.868. The molecule has 7 heteroatoms. The molecule has 1 aromatic carbocycles. The van der Waals surface area contributed by atoms with Gasteiger partial charge in [-0.1, -0.05) is 28.1 Å². The van der Waals surface area contributed by atoms with Crippen LogP contribution >= 0.6 is 15.9 Å². The molecule has 0 aromatic heterocycles. The molecule has 21 heavy (non-hydrogen) atoms. The molecular formula is C14H17BrN2O4. The Morgan fingerprint density at radius 3 is 2.95 bits per heavy atom. The monoisotopic (exact) mass is 356 g/mol. The summed E-state index contributed by atoms with van der Waals surface area (Å²) < 4.78 is 6.04. The molecule has 0 saturated carbocycles. The molecule has 0 bridgehead atoms. The van der Waals surface area contributed by atoms with Crippen molar-refractivity contribution in [3.8, 4) is 0 Å². The summed E-state index contributed by atoms with van der Waals surface area (Å²) in [5.74, 6) is -1.05. The SMILES string of the molecule is CC(NC(=O)N1CCOC(C(=O)O)C1)c1cccc(Br)c1. The Morgan fingerprint density at radius 1 is 1.52 bits per heavy atom. The number of carboxylic acid groups (broad SMARTS) is 1. The molecule has 6 nitrogen and oxygen atoms in total. The number of carboxylic acids is 1. The molecule has 2 amide bonds. The number of nitrogens with zero attached hydrogens (tertiary/aromatic N) is 1. The molecule has 1 fully saturated rings. The third kappa shape index (κ3) is 4.18. The number of carbonyl (C=O) groups excluding carboxylic acids is 1. The zero-order valence-electron chi connectivity index (χ0n) is 11.6. The summed E-state index contributed by atoms with van der Waals surface area (Å²) in [5, 5.41) is 11.8. The van der Waals surface area contributed by atoms with Crippen molar-refractivity contribution >= 4 is 27.9 Å². The van der Waals surface area contributed by atoms with Gasteiger partial charge in [-0.25, -0.2) is 9.59 Å². The van der Waals surface area contributed by atoms with Crippen LogP contribution in [0.3, 0.4) is 0 Å². The molecule has 1 heterocycles. The third-order valence-corrected chi connectivity index (χ3v) is 3.81. The zero-order chi connectivity index (χ0) is 15.4. The first-order valence-corrected chi connectivity index (χ1v) is 7.42. The van der Waals surface area contributed by atoms with Crippen LogP contribution < -0.4 is 5.32 Å². The Bertz CT molecular complexity index is 537. The molecule has 2 N–H and O–H groups in total. The van der Waals surface area contributed by atoms with Crippen LogP contribution in [0.2, 0.25) is 0 Å². The van der Waals surface area contributed by atoms with Gasteiger partial charge in [0.2, 0.25) is 0 Å². The van der Waals surface area contributed by atoms with Crippen LogP contribution in [-0.4, -0.2) is 47.8 Å². The fourth-order valence-corrected chi connectivity index (χ4v) is 2.54. The Hall–Kier alpha value is -1.60. The van der Waals surface area contributed by atoms with Gasteiger partial charge in [0, 0.05) is 11.0 Å². The van der Waals surface area contributed by atoms with Crippen LogP contribution in [0, 0.1) is 0 Å². The normalized spacial score (nSPS) is 19.9. The van der Waals surface area contributed by atoms with Crippen molar-refractivity contribution in [2.75, 3.05) is 19.7 Å². The van der Waals surface area contributed by atoms with Crippen LogP contribution in [0.5, 0.6) is 0 Å². The number of urea groups is 1. The van der Waals surface area contributed by atoms with E-state index in [1.807, 2.05) is 31.2 Å². The second-order valence-electron chi connectivity index (χ2n) is 4.87. The number of nitrogens with one attached hydrogen (secondary N) is 1. The fourth-order valence-electron chi connectivity index (χ4n) is 2.12. The highest BCUT2D eigenvalue weighted by molar-refractivity contribution is 9.10. The van der Waals surface area contributed by atoms with E-state index < -0.39 is 12.1 Å². The van der Waals surface area contributed by atoms with Gasteiger partial charge in [-0.15, -0.1) is 0 Å². The highest BCUT2D eigenvalue weighted by Gasteiger charge is 2.29. The summed E-state index contributed by atoms with van der Waals surface area (Å²) in [6.07, 6.45) is -0.953. The molecule has 2 unspecified atom stereocenters. The maximum atomic E-state index is 12.2. The van der Waals surface area contributed by atoms with Crippen LogP contribution in [0.4, 0.5) is 4.79 Å².